The SMILES string of the molecule is Cc1csc(N(C(=O)C(=O)c2c(C)nn(-c3ccccc3)c2C)c2ccccc2)n1. The van der Waals surface area contributed by atoms with Crippen LogP contribution < -0.4 is 4.90 Å². The molecule has 0 bridgehead atoms. The number of anilines is 2. The van der Waals surface area contributed by atoms with Crippen molar-refractivity contribution in [2.24, 2.45) is 0 Å². The second-order valence-corrected chi connectivity index (χ2v) is 7.71. The molecule has 150 valence electrons. The number of ketones is 1. The molecular weight excluding hydrogens is 396 g/mol. The highest BCUT2D eigenvalue weighted by atomic mass is 32.1. The summed E-state index contributed by atoms with van der Waals surface area (Å²) in [5.74, 6) is -1.27. The maximum absolute atomic E-state index is 13.4. The van der Waals surface area contributed by atoms with Gasteiger partial charge in [-0.3, -0.25) is 9.59 Å². The number of thiazole rings is 1. The largest absolute Gasteiger partial charge is 0.305 e. The zero-order valence-electron chi connectivity index (χ0n) is 16.9. The fourth-order valence-corrected chi connectivity index (χ4v) is 4.16. The lowest BCUT2D eigenvalue weighted by atomic mass is 10.1. The van der Waals surface area contributed by atoms with Gasteiger partial charge in [0.05, 0.1) is 34.0 Å². The van der Waals surface area contributed by atoms with E-state index in [-0.39, 0.29) is 0 Å². The summed E-state index contributed by atoms with van der Waals surface area (Å²) in [5, 5.41) is 6.82. The average molecular weight is 417 g/mol. The predicted molar refractivity (Wildman–Crippen MR) is 118 cm³/mol. The predicted octanol–water partition coefficient (Wildman–Crippen LogP) is 4.80. The van der Waals surface area contributed by atoms with Gasteiger partial charge in [0.2, 0.25) is 0 Å². The Morgan fingerprint density at radius 1 is 0.933 bits per heavy atom. The Kier molecular flexibility index (Phi) is 5.29. The van der Waals surface area contributed by atoms with Crippen molar-refractivity contribution in [3.05, 3.63) is 88.7 Å². The Hall–Kier alpha value is -3.58. The number of carbonyl (C=O) groups is 2. The molecule has 1 amide bonds. The van der Waals surface area contributed by atoms with Gasteiger partial charge in [-0.25, -0.2) is 14.6 Å². The first-order valence-electron chi connectivity index (χ1n) is 9.45. The van der Waals surface area contributed by atoms with E-state index in [9.17, 15) is 9.59 Å². The number of nitrogens with zero attached hydrogens (tertiary/aromatic N) is 4. The van der Waals surface area contributed by atoms with Crippen molar-refractivity contribution in [2.45, 2.75) is 20.8 Å². The van der Waals surface area contributed by atoms with Crippen molar-refractivity contribution >= 4 is 33.8 Å². The summed E-state index contributed by atoms with van der Waals surface area (Å²) in [6, 6.07) is 18.6. The molecule has 4 aromatic rings. The molecule has 0 saturated carbocycles. The Morgan fingerprint density at radius 2 is 1.57 bits per heavy atom. The molecule has 0 radical (unpaired) electrons. The third kappa shape index (κ3) is 3.55. The van der Waals surface area contributed by atoms with Crippen LogP contribution in [0.4, 0.5) is 10.8 Å². The number of Topliss-reactive ketones (excluding diaryl/α,β-unsaturated/α-hetero) is 1. The van der Waals surface area contributed by atoms with Gasteiger partial charge in [0.25, 0.3) is 5.78 Å². The van der Waals surface area contributed by atoms with Gasteiger partial charge in [0, 0.05) is 5.38 Å². The summed E-state index contributed by atoms with van der Waals surface area (Å²) in [4.78, 5) is 32.6. The molecule has 0 aliphatic rings. The molecule has 0 atom stereocenters. The molecule has 4 rings (SSSR count). The lowest BCUT2D eigenvalue weighted by Crippen LogP contribution is -2.33. The number of aryl methyl sites for hydroxylation is 2. The van der Waals surface area contributed by atoms with E-state index in [1.54, 1.807) is 30.7 Å². The van der Waals surface area contributed by atoms with Gasteiger partial charge >= 0.3 is 5.91 Å². The quantitative estimate of drug-likeness (QED) is 0.346. The van der Waals surface area contributed by atoms with E-state index in [1.807, 2.05) is 60.8 Å². The van der Waals surface area contributed by atoms with E-state index >= 15 is 0 Å². The molecule has 6 nitrogen and oxygen atoms in total. The molecule has 0 unspecified atom stereocenters. The first-order chi connectivity index (χ1) is 14.5. The third-order valence-electron chi connectivity index (χ3n) is 4.73. The summed E-state index contributed by atoms with van der Waals surface area (Å²) >= 11 is 1.32. The zero-order valence-corrected chi connectivity index (χ0v) is 17.7. The van der Waals surface area contributed by atoms with Crippen LogP contribution in [0.5, 0.6) is 0 Å². The van der Waals surface area contributed by atoms with Gasteiger partial charge in [0.15, 0.2) is 5.13 Å². The average Bonchev–Trinajstić information content (AvgIpc) is 3.31. The standard InChI is InChI=1S/C23H20N4O2S/c1-15-14-30-23(24-15)26(18-10-6-4-7-11-18)22(29)21(28)20-16(2)25-27(17(20)3)19-12-8-5-9-13-19/h4-14H,1-3H3. The van der Waals surface area contributed by atoms with Crippen molar-refractivity contribution in [1.82, 2.24) is 14.8 Å². The Balaban J connectivity index is 1.77. The first kappa shape index (κ1) is 19.7. The number of hydrogen-bond acceptors (Lipinski definition) is 5. The zero-order chi connectivity index (χ0) is 21.3. The van der Waals surface area contributed by atoms with Gasteiger partial charge in [0.1, 0.15) is 0 Å². The molecule has 0 spiro atoms. The van der Waals surface area contributed by atoms with Gasteiger partial charge in [-0.2, -0.15) is 5.10 Å². The number of amides is 1. The van der Waals surface area contributed by atoms with E-state index < -0.39 is 11.7 Å². The van der Waals surface area contributed by atoms with Crippen LogP contribution in [-0.2, 0) is 4.79 Å². The molecule has 0 N–H and O–H groups in total. The summed E-state index contributed by atoms with van der Waals surface area (Å²) < 4.78 is 1.69. The van der Waals surface area contributed by atoms with Gasteiger partial charge in [-0.1, -0.05) is 36.4 Å². The van der Waals surface area contributed by atoms with Crippen LogP contribution in [0.3, 0.4) is 0 Å². The first-order valence-corrected chi connectivity index (χ1v) is 10.3. The molecule has 0 aliphatic heterocycles. The maximum atomic E-state index is 13.4. The molecule has 2 aromatic carbocycles. The van der Waals surface area contributed by atoms with Gasteiger partial charge in [-0.05, 0) is 45.0 Å². The molecular formula is C23H20N4O2S. The van der Waals surface area contributed by atoms with Crippen LogP contribution in [-0.4, -0.2) is 26.5 Å². The van der Waals surface area contributed by atoms with Crippen molar-refractivity contribution in [1.29, 1.82) is 0 Å². The lowest BCUT2D eigenvalue weighted by Gasteiger charge is -2.19. The smallest absolute Gasteiger partial charge is 0.283 e. The van der Waals surface area contributed by atoms with Crippen LogP contribution in [0, 0.1) is 20.8 Å². The molecule has 2 aromatic heterocycles. The third-order valence-corrected chi connectivity index (χ3v) is 5.67. The minimum absolute atomic E-state index is 0.318. The van der Waals surface area contributed by atoms with Crippen molar-refractivity contribution < 1.29 is 9.59 Å². The molecule has 7 heteroatoms. The molecule has 30 heavy (non-hydrogen) atoms. The fraction of sp³-hybridized carbons (Fsp3) is 0.130. The molecule has 0 aliphatic carbocycles. The highest BCUT2D eigenvalue weighted by Gasteiger charge is 2.32. The minimum Gasteiger partial charge on any atom is -0.283 e. The maximum Gasteiger partial charge on any atom is 0.305 e. The molecule has 2 heterocycles. The second kappa shape index (κ2) is 8.04. The topological polar surface area (TPSA) is 68.1 Å². The van der Waals surface area contributed by atoms with E-state index in [2.05, 4.69) is 10.1 Å². The van der Waals surface area contributed by atoms with Gasteiger partial charge < -0.3 is 0 Å². The van der Waals surface area contributed by atoms with E-state index in [4.69, 9.17) is 0 Å². The van der Waals surface area contributed by atoms with Crippen molar-refractivity contribution in [3.8, 4) is 5.69 Å². The normalized spacial score (nSPS) is 10.8. The lowest BCUT2D eigenvalue weighted by molar-refractivity contribution is -0.114. The number of carbonyl (C=O) groups excluding carboxylic acids is 2. The number of hydrogen-bond donors (Lipinski definition) is 0. The second-order valence-electron chi connectivity index (χ2n) is 6.87. The van der Waals surface area contributed by atoms with E-state index in [0.717, 1.165) is 11.4 Å². The van der Waals surface area contributed by atoms with Crippen LogP contribution in [0.25, 0.3) is 5.69 Å². The summed E-state index contributed by atoms with van der Waals surface area (Å²) in [6.45, 7) is 5.40. The van der Waals surface area contributed by atoms with Crippen LogP contribution in [0.1, 0.15) is 27.4 Å². The fourth-order valence-electron chi connectivity index (χ4n) is 3.34. The summed E-state index contributed by atoms with van der Waals surface area (Å²) in [5.41, 5.74) is 3.67. The summed E-state index contributed by atoms with van der Waals surface area (Å²) in [6.07, 6.45) is 0. The Morgan fingerprint density at radius 3 is 2.17 bits per heavy atom. The number of benzene rings is 2. The summed E-state index contributed by atoms with van der Waals surface area (Å²) in [7, 11) is 0. The number of rotatable bonds is 5. The molecule has 0 fully saturated rings. The number of para-hydroxylation sites is 2. The number of aromatic nitrogens is 3. The monoisotopic (exact) mass is 416 g/mol. The van der Waals surface area contributed by atoms with Crippen molar-refractivity contribution in [3.63, 3.8) is 0 Å². The van der Waals surface area contributed by atoms with E-state index in [0.29, 0.717) is 27.8 Å². The van der Waals surface area contributed by atoms with Crippen LogP contribution in [0.15, 0.2) is 66.0 Å². The van der Waals surface area contributed by atoms with E-state index in [1.165, 1.54) is 16.2 Å². The Bertz CT molecular complexity index is 1210. The molecule has 0 saturated heterocycles. The van der Waals surface area contributed by atoms with Crippen LogP contribution in [0.2, 0.25) is 0 Å². The minimum atomic E-state index is -0.658. The Labute approximate surface area is 178 Å². The van der Waals surface area contributed by atoms with Crippen molar-refractivity contribution in [2.75, 3.05) is 4.90 Å². The highest BCUT2D eigenvalue weighted by Crippen LogP contribution is 2.30. The van der Waals surface area contributed by atoms with Gasteiger partial charge in [-0.15, -0.1) is 11.3 Å². The van der Waals surface area contributed by atoms with Crippen LogP contribution >= 0.6 is 11.3 Å². The highest BCUT2D eigenvalue weighted by molar-refractivity contribution is 7.14.